The molecule has 1 atom stereocenters. The van der Waals surface area contributed by atoms with Gasteiger partial charge in [0.2, 0.25) is 0 Å². The molecule has 0 radical (unpaired) electrons. The van der Waals surface area contributed by atoms with Crippen molar-refractivity contribution in [2.75, 3.05) is 0 Å². The van der Waals surface area contributed by atoms with E-state index in [0.717, 1.165) is 35.6 Å². The minimum absolute atomic E-state index is 0.218. The third kappa shape index (κ3) is 3.24. The highest BCUT2D eigenvalue weighted by molar-refractivity contribution is 6.02. The van der Waals surface area contributed by atoms with E-state index in [9.17, 15) is 4.79 Å². The third-order valence-corrected chi connectivity index (χ3v) is 5.30. The van der Waals surface area contributed by atoms with Crippen LogP contribution in [0.3, 0.4) is 0 Å². The molecule has 0 amide bonds. The Morgan fingerprint density at radius 1 is 1.04 bits per heavy atom. The van der Waals surface area contributed by atoms with Crippen molar-refractivity contribution in [3.05, 3.63) is 65.2 Å². The quantitative estimate of drug-likeness (QED) is 0.506. The molecule has 2 nitrogen and oxygen atoms in total. The van der Waals surface area contributed by atoms with Crippen LogP contribution in [0.25, 0.3) is 0 Å². The van der Waals surface area contributed by atoms with Crippen LogP contribution in [-0.2, 0) is 6.61 Å². The summed E-state index contributed by atoms with van der Waals surface area (Å²) in [7, 11) is 0. The summed E-state index contributed by atoms with van der Waals surface area (Å²) in [6, 6.07) is 16.3. The van der Waals surface area contributed by atoms with Crippen LogP contribution in [0.5, 0.6) is 5.75 Å². The number of rotatable bonds is 7. The molecular weight excluding hydrogens is 297 g/mol. The fraction of sp³-hybridized carbons (Fsp3) is 0.409. The second kappa shape index (κ2) is 6.43. The average Bonchev–Trinajstić information content (AvgIpc) is 3.51. The van der Waals surface area contributed by atoms with Gasteiger partial charge in [0.25, 0.3) is 0 Å². The summed E-state index contributed by atoms with van der Waals surface area (Å²) in [5.41, 5.74) is 3.13. The van der Waals surface area contributed by atoms with Crippen molar-refractivity contribution < 1.29 is 9.53 Å². The first-order chi connectivity index (χ1) is 11.7. The monoisotopic (exact) mass is 321 g/mol. The molecule has 0 bridgehead atoms. The Labute approximate surface area is 143 Å². The molecule has 2 aromatic rings. The summed E-state index contributed by atoms with van der Waals surface area (Å²) in [6.45, 7) is 2.79. The maximum atomic E-state index is 12.7. The molecule has 24 heavy (non-hydrogen) atoms. The van der Waals surface area contributed by atoms with Gasteiger partial charge < -0.3 is 4.74 Å². The Balaban J connectivity index is 1.65. The topological polar surface area (TPSA) is 26.3 Å². The van der Waals surface area contributed by atoms with E-state index in [0.29, 0.717) is 12.5 Å². The maximum absolute atomic E-state index is 12.7. The highest BCUT2D eigenvalue weighted by atomic mass is 16.5. The number of carbonyl (C=O) groups is 1. The second-order valence-corrected chi connectivity index (χ2v) is 7.26. The summed E-state index contributed by atoms with van der Waals surface area (Å²) in [6.07, 6.45) is 4.64. The minimum Gasteiger partial charge on any atom is -0.488 e. The molecule has 2 fully saturated rings. The zero-order chi connectivity index (χ0) is 16.5. The molecule has 2 heteroatoms. The van der Waals surface area contributed by atoms with Gasteiger partial charge in [-0.3, -0.25) is 4.79 Å². The van der Waals surface area contributed by atoms with Gasteiger partial charge in [-0.1, -0.05) is 49.4 Å². The summed E-state index contributed by atoms with van der Waals surface area (Å²) in [5.74, 6) is 2.52. The number of ketones is 1. The fourth-order valence-corrected chi connectivity index (χ4v) is 3.41. The maximum Gasteiger partial charge on any atom is 0.169 e. The Bertz CT molecular complexity index is 727. The fourth-order valence-electron chi connectivity index (χ4n) is 3.41. The van der Waals surface area contributed by atoms with E-state index in [2.05, 4.69) is 25.1 Å². The van der Waals surface area contributed by atoms with Crippen LogP contribution in [-0.4, -0.2) is 5.78 Å². The summed E-state index contributed by atoms with van der Waals surface area (Å²) < 4.78 is 6.23. The first-order valence-electron chi connectivity index (χ1n) is 9.08. The van der Waals surface area contributed by atoms with Gasteiger partial charge in [0.05, 0.1) is 5.56 Å². The molecule has 0 N–H and O–H groups in total. The standard InChI is InChI=1S/C22H24O2/c1-15(17-10-11-17)19-8-5-9-20(21(23)18-12-13-18)22(19)24-14-16-6-3-2-4-7-16/h2-9,15,17-18H,10-14H2,1H3/i21+1. The van der Waals surface area contributed by atoms with Crippen LogP contribution < -0.4 is 4.74 Å². The SMILES string of the molecule is CC(c1cccc([13C](=O)C2CC2)c1OCc1ccccc1)C1CC1. The van der Waals surface area contributed by atoms with Crippen molar-refractivity contribution in [2.24, 2.45) is 11.8 Å². The Morgan fingerprint density at radius 3 is 2.46 bits per heavy atom. The van der Waals surface area contributed by atoms with Crippen LogP contribution in [0.15, 0.2) is 48.5 Å². The lowest BCUT2D eigenvalue weighted by molar-refractivity contribution is 0.0963. The second-order valence-electron chi connectivity index (χ2n) is 7.26. The predicted octanol–water partition coefficient (Wildman–Crippen LogP) is 5.37. The number of hydrogen-bond acceptors (Lipinski definition) is 2. The van der Waals surface area contributed by atoms with Gasteiger partial charge in [0.1, 0.15) is 12.4 Å². The highest BCUT2D eigenvalue weighted by Gasteiger charge is 2.35. The molecule has 2 aliphatic rings. The molecule has 124 valence electrons. The zero-order valence-electron chi connectivity index (χ0n) is 14.2. The molecule has 2 aliphatic carbocycles. The largest absolute Gasteiger partial charge is 0.488 e. The van der Waals surface area contributed by atoms with Gasteiger partial charge >= 0.3 is 0 Å². The first-order valence-corrected chi connectivity index (χ1v) is 9.08. The molecule has 2 aromatic carbocycles. The van der Waals surface area contributed by atoms with E-state index < -0.39 is 0 Å². The third-order valence-electron chi connectivity index (χ3n) is 5.30. The van der Waals surface area contributed by atoms with Crippen LogP contribution in [0.1, 0.15) is 60.0 Å². The smallest absolute Gasteiger partial charge is 0.169 e. The van der Waals surface area contributed by atoms with Crippen LogP contribution >= 0.6 is 0 Å². The Morgan fingerprint density at radius 2 is 1.79 bits per heavy atom. The van der Waals surface area contributed by atoms with E-state index >= 15 is 0 Å². The molecular formula is C22H24O2. The zero-order valence-corrected chi connectivity index (χ0v) is 14.2. The normalized spacial score (nSPS) is 18.2. The van der Waals surface area contributed by atoms with Gasteiger partial charge in [0.15, 0.2) is 5.78 Å². The number of ether oxygens (including phenoxy) is 1. The molecule has 0 heterocycles. The van der Waals surface area contributed by atoms with Crippen molar-refractivity contribution in [1.82, 2.24) is 0 Å². The molecule has 1 unspecified atom stereocenters. The Kier molecular flexibility index (Phi) is 4.13. The Hall–Kier alpha value is -2.09. The predicted molar refractivity (Wildman–Crippen MR) is 95.4 cm³/mol. The molecule has 0 saturated heterocycles. The summed E-state index contributed by atoms with van der Waals surface area (Å²) >= 11 is 0. The molecule has 0 aromatic heterocycles. The lowest BCUT2D eigenvalue weighted by atomic mass is 9.94. The van der Waals surface area contributed by atoms with Crippen molar-refractivity contribution in [1.29, 1.82) is 0 Å². The van der Waals surface area contributed by atoms with Crippen LogP contribution in [0, 0.1) is 11.8 Å². The lowest BCUT2D eigenvalue weighted by Crippen LogP contribution is -2.10. The number of hydrogen-bond donors (Lipinski definition) is 0. The van der Waals surface area contributed by atoms with Gasteiger partial charge in [-0.2, -0.15) is 0 Å². The van der Waals surface area contributed by atoms with E-state index in [4.69, 9.17) is 4.74 Å². The van der Waals surface area contributed by atoms with Gasteiger partial charge in [-0.25, -0.2) is 0 Å². The van der Waals surface area contributed by atoms with E-state index in [1.54, 1.807) is 0 Å². The first kappa shape index (κ1) is 15.4. The van der Waals surface area contributed by atoms with Gasteiger partial charge in [0, 0.05) is 5.92 Å². The number of Topliss-reactive ketones (excluding diaryl/α,β-unsaturated/α-hetero) is 1. The summed E-state index contributed by atoms with van der Waals surface area (Å²) in [5, 5.41) is 0. The van der Waals surface area contributed by atoms with Crippen molar-refractivity contribution in [3.63, 3.8) is 0 Å². The van der Waals surface area contributed by atoms with E-state index in [1.807, 2.05) is 30.3 Å². The van der Waals surface area contributed by atoms with Crippen molar-refractivity contribution in [2.45, 2.75) is 45.1 Å². The minimum atomic E-state index is 0.218. The molecule has 4 rings (SSSR count). The highest BCUT2D eigenvalue weighted by Crippen LogP contribution is 2.46. The lowest BCUT2D eigenvalue weighted by Gasteiger charge is -2.19. The van der Waals surface area contributed by atoms with E-state index in [1.165, 1.54) is 18.4 Å². The average molecular weight is 321 g/mol. The van der Waals surface area contributed by atoms with Crippen LogP contribution in [0.2, 0.25) is 0 Å². The number of para-hydroxylation sites is 1. The molecule has 0 spiro atoms. The summed E-state index contributed by atoms with van der Waals surface area (Å²) in [4.78, 5) is 12.7. The van der Waals surface area contributed by atoms with Crippen molar-refractivity contribution >= 4 is 5.78 Å². The van der Waals surface area contributed by atoms with Gasteiger partial charge in [-0.15, -0.1) is 0 Å². The number of benzene rings is 2. The number of carbonyl (C=O) groups excluding carboxylic acids is 1. The van der Waals surface area contributed by atoms with E-state index in [-0.39, 0.29) is 11.7 Å². The van der Waals surface area contributed by atoms with Gasteiger partial charge in [-0.05, 0) is 54.7 Å². The van der Waals surface area contributed by atoms with Crippen molar-refractivity contribution in [3.8, 4) is 5.75 Å². The molecule has 0 aliphatic heterocycles. The van der Waals surface area contributed by atoms with Crippen LogP contribution in [0.4, 0.5) is 0 Å². The molecule has 2 saturated carbocycles.